The van der Waals surface area contributed by atoms with Crippen LogP contribution in [0.4, 0.5) is 0 Å². The van der Waals surface area contributed by atoms with Gasteiger partial charge in [0.2, 0.25) is 0 Å². The molecule has 116 valence electrons. The third-order valence-corrected chi connectivity index (χ3v) is 4.32. The number of carbonyl (C=O) groups excluding carboxylic acids is 1. The molecule has 0 aromatic carbocycles. The Hall–Kier alpha value is -0.650. The van der Waals surface area contributed by atoms with Gasteiger partial charge in [-0.15, -0.1) is 0 Å². The summed E-state index contributed by atoms with van der Waals surface area (Å²) in [6.45, 7) is 8.67. The number of nitrogens with one attached hydrogen (secondary N) is 1. The molecule has 2 aliphatic rings. The van der Waals surface area contributed by atoms with Crippen molar-refractivity contribution in [3.05, 3.63) is 0 Å². The Labute approximate surface area is 122 Å². The van der Waals surface area contributed by atoms with E-state index in [0.717, 1.165) is 38.9 Å². The lowest BCUT2D eigenvalue weighted by atomic mass is 9.89. The summed E-state index contributed by atoms with van der Waals surface area (Å²) in [4.78, 5) is 14.4. The minimum absolute atomic E-state index is 0.108. The van der Waals surface area contributed by atoms with Crippen molar-refractivity contribution in [1.29, 1.82) is 0 Å². The van der Waals surface area contributed by atoms with Gasteiger partial charge in [0.15, 0.2) is 6.10 Å². The SMILES string of the molecule is CCCNC1CCN(C(=O)C2COCCO2)CC1CC. The third kappa shape index (κ3) is 3.93. The minimum atomic E-state index is -0.388. The van der Waals surface area contributed by atoms with Gasteiger partial charge in [0, 0.05) is 19.1 Å². The van der Waals surface area contributed by atoms with Gasteiger partial charge < -0.3 is 19.7 Å². The largest absolute Gasteiger partial charge is 0.376 e. The standard InChI is InChI=1S/C15H28N2O3/c1-3-6-16-13-5-7-17(10-12(13)4-2)15(18)14-11-19-8-9-20-14/h12-14,16H,3-11H2,1-2H3. The second-order valence-electron chi connectivity index (χ2n) is 5.74. The molecule has 3 unspecified atom stereocenters. The molecule has 2 heterocycles. The highest BCUT2D eigenvalue weighted by Gasteiger charge is 2.34. The first-order valence-electron chi connectivity index (χ1n) is 7.97. The fraction of sp³-hybridized carbons (Fsp3) is 0.933. The van der Waals surface area contributed by atoms with Crippen LogP contribution in [-0.2, 0) is 14.3 Å². The number of likely N-dealkylation sites (tertiary alicyclic amines) is 1. The second-order valence-corrected chi connectivity index (χ2v) is 5.74. The molecule has 0 aliphatic carbocycles. The molecule has 0 spiro atoms. The highest BCUT2D eigenvalue weighted by molar-refractivity contribution is 5.81. The van der Waals surface area contributed by atoms with E-state index in [1.807, 2.05) is 4.90 Å². The molecule has 1 N–H and O–H groups in total. The molecule has 0 saturated carbocycles. The molecule has 0 bridgehead atoms. The maximum Gasteiger partial charge on any atom is 0.254 e. The van der Waals surface area contributed by atoms with Gasteiger partial charge in [-0.25, -0.2) is 0 Å². The maximum atomic E-state index is 12.4. The molecule has 0 radical (unpaired) electrons. The van der Waals surface area contributed by atoms with Gasteiger partial charge in [-0.1, -0.05) is 20.3 Å². The van der Waals surface area contributed by atoms with Crippen molar-refractivity contribution in [2.24, 2.45) is 5.92 Å². The van der Waals surface area contributed by atoms with Crippen LogP contribution in [-0.4, -0.2) is 62.4 Å². The van der Waals surface area contributed by atoms with Crippen molar-refractivity contribution < 1.29 is 14.3 Å². The Morgan fingerprint density at radius 2 is 2.20 bits per heavy atom. The summed E-state index contributed by atoms with van der Waals surface area (Å²) >= 11 is 0. The van der Waals surface area contributed by atoms with E-state index in [1.54, 1.807) is 0 Å². The molecule has 0 aromatic rings. The lowest BCUT2D eigenvalue weighted by Crippen LogP contribution is -2.54. The summed E-state index contributed by atoms with van der Waals surface area (Å²) in [5, 5.41) is 3.62. The van der Waals surface area contributed by atoms with Gasteiger partial charge >= 0.3 is 0 Å². The number of hydrogen-bond acceptors (Lipinski definition) is 4. The number of nitrogens with zero attached hydrogens (tertiary/aromatic N) is 1. The van der Waals surface area contributed by atoms with Crippen molar-refractivity contribution in [3.63, 3.8) is 0 Å². The highest BCUT2D eigenvalue weighted by atomic mass is 16.6. The number of piperidine rings is 1. The van der Waals surface area contributed by atoms with E-state index in [1.165, 1.54) is 0 Å². The van der Waals surface area contributed by atoms with E-state index in [0.29, 0.717) is 31.8 Å². The quantitative estimate of drug-likeness (QED) is 0.819. The molecule has 3 atom stereocenters. The number of amides is 1. The second kappa shape index (κ2) is 7.96. The topological polar surface area (TPSA) is 50.8 Å². The average molecular weight is 284 g/mol. The molecule has 20 heavy (non-hydrogen) atoms. The first-order valence-corrected chi connectivity index (χ1v) is 7.97. The molecule has 2 saturated heterocycles. The third-order valence-electron chi connectivity index (χ3n) is 4.32. The molecule has 2 rings (SSSR count). The predicted octanol–water partition coefficient (Wildman–Crippen LogP) is 1.03. The molecule has 0 aromatic heterocycles. The molecule has 2 aliphatic heterocycles. The van der Waals surface area contributed by atoms with Crippen molar-refractivity contribution >= 4 is 5.91 Å². The van der Waals surface area contributed by atoms with Gasteiger partial charge in [-0.3, -0.25) is 4.79 Å². The van der Waals surface area contributed by atoms with Gasteiger partial charge in [0.1, 0.15) is 0 Å². The van der Waals surface area contributed by atoms with Crippen LogP contribution in [0.2, 0.25) is 0 Å². The van der Waals surface area contributed by atoms with Crippen LogP contribution in [0.3, 0.4) is 0 Å². The fourth-order valence-electron chi connectivity index (χ4n) is 3.08. The van der Waals surface area contributed by atoms with Gasteiger partial charge in [0.25, 0.3) is 5.91 Å². The van der Waals surface area contributed by atoms with Crippen molar-refractivity contribution in [3.8, 4) is 0 Å². The number of hydrogen-bond donors (Lipinski definition) is 1. The summed E-state index contributed by atoms with van der Waals surface area (Å²) in [5.41, 5.74) is 0. The van der Waals surface area contributed by atoms with E-state index in [9.17, 15) is 4.79 Å². The number of ether oxygens (including phenoxy) is 2. The highest BCUT2D eigenvalue weighted by Crippen LogP contribution is 2.21. The van der Waals surface area contributed by atoms with E-state index >= 15 is 0 Å². The summed E-state index contributed by atoms with van der Waals surface area (Å²) in [7, 11) is 0. The van der Waals surface area contributed by atoms with Crippen LogP contribution in [0.5, 0.6) is 0 Å². The Morgan fingerprint density at radius 3 is 2.85 bits per heavy atom. The summed E-state index contributed by atoms with van der Waals surface area (Å²) in [6.07, 6.45) is 2.91. The number of carbonyl (C=O) groups is 1. The normalized spacial score (nSPS) is 31.3. The fourth-order valence-corrected chi connectivity index (χ4v) is 3.08. The zero-order chi connectivity index (χ0) is 14.4. The molecule has 1 amide bonds. The van der Waals surface area contributed by atoms with E-state index in [4.69, 9.17) is 9.47 Å². The monoisotopic (exact) mass is 284 g/mol. The smallest absolute Gasteiger partial charge is 0.254 e. The van der Waals surface area contributed by atoms with Crippen LogP contribution in [0.25, 0.3) is 0 Å². The molecular formula is C15H28N2O3. The predicted molar refractivity (Wildman–Crippen MR) is 77.6 cm³/mol. The summed E-state index contributed by atoms with van der Waals surface area (Å²) < 4.78 is 10.9. The van der Waals surface area contributed by atoms with Gasteiger partial charge in [-0.2, -0.15) is 0 Å². The van der Waals surface area contributed by atoms with Crippen LogP contribution < -0.4 is 5.32 Å². The summed E-state index contributed by atoms with van der Waals surface area (Å²) in [5.74, 6) is 0.654. The lowest BCUT2D eigenvalue weighted by Gasteiger charge is -2.40. The van der Waals surface area contributed by atoms with Crippen molar-refractivity contribution in [2.75, 3.05) is 39.5 Å². The lowest BCUT2D eigenvalue weighted by molar-refractivity contribution is -0.160. The van der Waals surface area contributed by atoms with Gasteiger partial charge in [0.05, 0.1) is 19.8 Å². The zero-order valence-electron chi connectivity index (χ0n) is 12.8. The zero-order valence-corrected chi connectivity index (χ0v) is 12.8. The Balaban J connectivity index is 1.86. The van der Waals surface area contributed by atoms with Crippen molar-refractivity contribution in [2.45, 2.75) is 45.3 Å². The Bertz CT molecular complexity index is 305. The van der Waals surface area contributed by atoms with Crippen LogP contribution in [0.15, 0.2) is 0 Å². The first kappa shape index (κ1) is 15.7. The van der Waals surface area contributed by atoms with E-state index in [2.05, 4.69) is 19.2 Å². The Morgan fingerprint density at radius 1 is 1.35 bits per heavy atom. The average Bonchev–Trinajstić information content (AvgIpc) is 2.52. The molecule has 2 fully saturated rings. The molecular weight excluding hydrogens is 256 g/mol. The number of rotatable bonds is 5. The van der Waals surface area contributed by atoms with Crippen LogP contribution >= 0.6 is 0 Å². The maximum absolute atomic E-state index is 12.4. The summed E-state index contributed by atoms with van der Waals surface area (Å²) in [6, 6.07) is 0.549. The molecule has 5 nitrogen and oxygen atoms in total. The van der Waals surface area contributed by atoms with Crippen LogP contribution in [0, 0.1) is 5.92 Å². The van der Waals surface area contributed by atoms with E-state index in [-0.39, 0.29) is 12.0 Å². The van der Waals surface area contributed by atoms with Crippen molar-refractivity contribution in [1.82, 2.24) is 10.2 Å². The van der Waals surface area contributed by atoms with Crippen LogP contribution in [0.1, 0.15) is 33.1 Å². The minimum Gasteiger partial charge on any atom is -0.376 e. The van der Waals surface area contributed by atoms with E-state index < -0.39 is 0 Å². The first-order chi connectivity index (χ1) is 9.76. The molecule has 5 heteroatoms. The Kier molecular flexibility index (Phi) is 6.26. The van der Waals surface area contributed by atoms with Gasteiger partial charge in [-0.05, 0) is 25.3 Å².